The molecule has 3 aromatic carbocycles. The molecule has 0 saturated carbocycles. The molecule has 1 fully saturated rings. The van der Waals surface area contributed by atoms with Crippen LogP contribution in [0.4, 0.5) is 5.69 Å². The molecule has 0 spiro atoms. The lowest BCUT2D eigenvalue weighted by Crippen LogP contribution is -2.59. The van der Waals surface area contributed by atoms with Crippen LogP contribution < -0.4 is 10.1 Å². The fourth-order valence-electron chi connectivity index (χ4n) is 6.05. The van der Waals surface area contributed by atoms with Crippen molar-refractivity contribution in [2.75, 3.05) is 31.6 Å². The smallest absolute Gasteiger partial charge is 0.224 e. The van der Waals surface area contributed by atoms with Crippen molar-refractivity contribution in [2.45, 2.75) is 50.4 Å². The maximum absolute atomic E-state index is 11.7. The van der Waals surface area contributed by atoms with Crippen molar-refractivity contribution in [3.8, 4) is 5.75 Å². The second-order valence-corrected chi connectivity index (χ2v) is 10.6. The van der Waals surface area contributed by atoms with Gasteiger partial charge in [-0.05, 0) is 53.8 Å². The van der Waals surface area contributed by atoms with Gasteiger partial charge in [-0.2, -0.15) is 0 Å². The van der Waals surface area contributed by atoms with E-state index in [0.717, 1.165) is 49.5 Å². The minimum atomic E-state index is -0.576. The molecular formula is C31H35N3O3. The van der Waals surface area contributed by atoms with Crippen LogP contribution in [0.2, 0.25) is 0 Å². The Bertz CT molecular complexity index is 1310. The lowest BCUT2D eigenvalue weighted by molar-refractivity contribution is -0.116. The summed E-state index contributed by atoms with van der Waals surface area (Å²) in [5, 5.41) is 16.4. The Morgan fingerprint density at radius 1 is 0.919 bits per heavy atom. The number of hydrogen-bond donors (Lipinski definition) is 2. The zero-order valence-corrected chi connectivity index (χ0v) is 21.2. The summed E-state index contributed by atoms with van der Waals surface area (Å²) in [7, 11) is 0. The molecule has 1 saturated heterocycles. The van der Waals surface area contributed by atoms with Crippen molar-refractivity contribution < 1.29 is 14.6 Å². The third-order valence-corrected chi connectivity index (χ3v) is 7.99. The van der Waals surface area contributed by atoms with Crippen molar-refractivity contribution in [3.05, 3.63) is 83.9 Å². The number of hydrogen-bond acceptors (Lipinski definition) is 5. The van der Waals surface area contributed by atoms with Gasteiger partial charge in [-0.15, -0.1) is 0 Å². The number of ether oxygens (including phenoxy) is 1. The number of aliphatic hydroxyl groups excluding tert-OH is 1. The molecule has 4 aliphatic heterocycles. The summed E-state index contributed by atoms with van der Waals surface area (Å²) in [6, 6.07) is 21.9. The summed E-state index contributed by atoms with van der Waals surface area (Å²) in [6.45, 7) is 3.75. The minimum absolute atomic E-state index is 0.0422. The molecule has 37 heavy (non-hydrogen) atoms. The van der Waals surface area contributed by atoms with Gasteiger partial charge < -0.3 is 15.2 Å². The van der Waals surface area contributed by atoms with Gasteiger partial charge in [0.15, 0.2) is 0 Å². The molecule has 3 atom stereocenters. The number of amides is 1. The van der Waals surface area contributed by atoms with Gasteiger partial charge in [0.25, 0.3) is 0 Å². The van der Waals surface area contributed by atoms with Crippen LogP contribution in [0.5, 0.6) is 5.75 Å². The molecule has 2 N–H and O–H groups in total. The Morgan fingerprint density at radius 2 is 1.70 bits per heavy atom. The van der Waals surface area contributed by atoms with Crippen LogP contribution in [0.15, 0.2) is 72.8 Å². The van der Waals surface area contributed by atoms with Gasteiger partial charge >= 0.3 is 0 Å². The molecule has 4 heterocycles. The van der Waals surface area contributed by atoms with Crippen LogP contribution in [0, 0.1) is 0 Å². The van der Waals surface area contributed by atoms with E-state index in [2.05, 4.69) is 69.7 Å². The van der Waals surface area contributed by atoms with E-state index in [1.807, 2.05) is 18.2 Å². The first-order valence-corrected chi connectivity index (χ1v) is 13.5. The summed E-state index contributed by atoms with van der Waals surface area (Å²) in [6.07, 6.45) is 7.24. The van der Waals surface area contributed by atoms with E-state index < -0.39 is 6.10 Å². The number of aliphatic hydroxyl groups is 1. The number of nitrogens with one attached hydrogen (secondary N) is 1. The first-order chi connectivity index (χ1) is 18.1. The second kappa shape index (κ2) is 10.7. The zero-order valence-electron chi connectivity index (χ0n) is 21.2. The van der Waals surface area contributed by atoms with Crippen LogP contribution in [-0.2, 0) is 17.8 Å². The van der Waals surface area contributed by atoms with Crippen LogP contribution in [0.3, 0.4) is 0 Å². The first kappa shape index (κ1) is 24.2. The summed E-state index contributed by atoms with van der Waals surface area (Å²) >= 11 is 0. The Balaban J connectivity index is 1.08. The highest BCUT2D eigenvalue weighted by atomic mass is 16.5. The van der Waals surface area contributed by atoms with E-state index in [9.17, 15) is 9.90 Å². The van der Waals surface area contributed by atoms with Crippen molar-refractivity contribution >= 4 is 22.4 Å². The monoisotopic (exact) mass is 497 g/mol. The molecule has 192 valence electrons. The number of piperazine rings is 1. The van der Waals surface area contributed by atoms with Gasteiger partial charge in [0.05, 0.1) is 0 Å². The highest BCUT2D eigenvalue weighted by Gasteiger charge is 2.34. The molecular weight excluding hydrogens is 462 g/mol. The lowest BCUT2D eigenvalue weighted by atomic mass is 9.96. The Labute approximate surface area is 218 Å². The number of carbonyl (C=O) groups excluding carboxylic acids is 1. The number of fused-ring (bicyclic) bond motifs is 6. The SMILES string of the molecule is O=C1CCc2c(cccc2OC[C@H](O)CN2C[C@@H]3C/C=C\C[C@H]2CN3Cc2ccc3ccccc3c2)N1. The Hall–Kier alpha value is -3.19. The van der Waals surface area contributed by atoms with E-state index in [0.29, 0.717) is 31.5 Å². The number of benzene rings is 3. The van der Waals surface area contributed by atoms with Crippen molar-refractivity contribution in [1.82, 2.24) is 9.80 Å². The van der Waals surface area contributed by atoms with Gasteiger partial charge in [-0.25, -0.2) is 0 Å². The van der Waals surface area contributed by atoms with Crippen LogP contribution in [0.25, 0.3) is 10.8 Å². The quantitative estimate of drug-likeness (QED) is 0.475. The number of carbonyl (C=O) groups is 1. The molecule has 7 rings (SSSR count). The average Bonchev–Trinajstić information content (AvgIpc) is 2.89. The Morgan fingerprint density at radius 3 is 2.57 bits per heavy atom. The minimum Gasteiger partial charge on any atom is -0.490 e. The molecule has 2 bridgehead atoms. The third kappa shape index (κ3) is 5.42. The number of anilines is 1. The molecule has 6 nitrogen and oxygen atoms in total. The second-order valence-electron chi connectivity index (χ2n) is 10.6. The number of nitrogens with zero attached hydrogens (tertiary/aromatic N) is 2. The fraction of sp³-hybridized carbons (Fsp3) is 0.387. The van der Waals surface area contributed by atoms with Crippen molar-refractivity contribution in [2.24, 2.45) is 0 Å². The maximum atomic E-state index is 11.7. The van der Waals surface area contributed by atoms with Gasteiger partial charge in [0, 0.05) is 55.9 Å². The van der Waals surface area contributed by atoms with Crippen molar-refractivity contribution in [3.63, 3.8) is 0 Å². The van der Waals surface area contributed by atoms with Crippen LogP contribution >= 0.6 is 0 Å². The topological polar surface area (TPSA) is 65.0 Å². The summed E-state index contributed by atoms with van der Waals surface area (Å²) < 4.78 is 6.06. The predicted molar refractivity (Wildman–Crippen MR) is 147 cm³/mol. The zero-order chi connectivity index (χ0) is 25.2. The van der Waals surface area contributed by atoms with Gasteiger partial charge in [0.2, 0.25) is 5.91 Å². The summed E-state index contributed by atoms with van der Waals surface area (Å²) in [4.78, 5) is 16.8. The molecule has 0 radical (unpaired) electrons. The Kier molecular flexibility index (Phi) is 6.96. The van der Waals surface area contributed by atoms with Gasteiger partial charge in [0.1, 0.15) is 18.5 Å². The lowest BCUT2D eigenvalue weighted by Gasteiger charge is -2.47. The van der Waals surface area contributed by atoms with Gasteiger partial charge in [-0.3, -0.25) is 14.6 Å². The molecule has 0 unspecified atom stereocenters. The predicted octanol–water partition coefficient (Wildman–Crippen LogP) is 4.37. The van der Waals surface area contributed by atoms with E-state index >= 15 is 0 Å². The van der Waals surface area contributed by atoms with Crippen molar-refractivity contribution in [1.29, 1.82) is 0 Å². The van der Waals surface area contributed by atoms with E-state index in [4.69, 9.17) is 4.74 Å². The molecule has 0 aliphatic carbocycles. The number of rotatable bonds is 7. The van der Waals surface area contributed by atoms with E-state index in [-0.39, 0.29) is 12.5 Å². The van der Waals surface area contributed by atoms with E-state index in [1.54, 1.807) is 0 Å². The van der Waals surface area contributed by atoms with E-state index in [1.165, 1.54) is 16.3 Å². The van der Waals surface area contributed by atoms with Crippen LogP contribution in [-0.4, -0.2) is 65.2 Å². The summed E-state index contributed by atoms with van der Waals surface area (Å²) in [5.74, 6) is 0.802. The standard InChI is InChI=1S/C31H35N3O3/c35-27(21-37-30-11-5-10-29-28(30)14-15-31(36)32-29)20-34-19-25-8-3-4-9-26(34)18-33(25)17-22-12-13-23-6-1-2-7-24(23)16-22/h1-7,10-13,16,25-27,35H,8-9,14-15,17-21H2,(H,32,36)/b4-3-/t25-,26-,27+/m0/s1. The molecule has 4 aliphatic rings. The average molecular weight is 498 g/mol. The third-order valence-electron chi connectivity index (χ3n) is 7.99. The van der Waals surface area contributed by atoms with Gasteiger partial charge in [-0.1, -0.05) is 54.6 Å². The molecule has 3 aromatic rings. The first-order valence-electron chi connectivity index (χ1n) is 13.5. The largest absolute Gasteiger partial charge is 0.490 e. The normalized spacial score (nSPS) is 23.6. The molecule has 0 aromatic heterocycles. The summed E-state index contributed by atoms with van der Waals surface area (Å²) in [5.41, 5.74) is 3.20. The maximum Gasteiger partial charge on any atom is 0.224 e. The highest BCUT2D eigenvalue weighted by Crippen LogP contribution is 2.31. The highest BCUT2D eigenvalue weighted by molar-refractivity contribution is 5.94. The molecule has 6 heteroatoms. The fourth-order valence-corrected chi connectivity index (χ4v) is 6.05. The molecule has 1 amide bonds. The van der Waals surface area contributed by atoms with Crippen LogP contribution in [0.1, 0.15) is 30.4 Å².